The van der Waals surface area contributed by atoms with Crippen LogP contribution in [0.3, 0.4) is 0 Å². The molecule has 0 radical (unpaired) electrons. The van der Waals surface area contributed by atoms with E-state index in [-0.39, 0.29) is 24.4 Å². The van der Waals surface area contributed by atoms with Crippen molar-refractivity contribution in [2.24, 2.45) is 0 Å². The molecule has 4 fully saturated rings. The number of ether oxygens (including phenoxy) is 7. The Morgan fingerprint density at radius 3 is 1.84 bits per heavy atom. The molecule has 3 spiro atoms. The Morgan fingerprint density at radius 1 is 0.784 bits per heavy atom. The number of carbonyl (C=O) groups excluding carboxylic acids is 3. The predicted octanol–water partition coefficient (Wildman–Crippen LogP) is 6.88. The quantitative estimate of drug-likeness (QED) is 0.245. The third-order valence-electron chi connectivity index (χ3n) is 10.5. The third kappa shape index (κ3) is 7.52. The predicted molar refractivity (Wildman–Crippen MR) is 186 cm³/mol. The van der Waals surface area contributed by atoms with Crippen molar-refractivity contribution in [3.05, 3.63) is 74.5 Å². The van der Waals surface area contributed by atoms with Gasteiger partial charge in [0.05, 0.1) is 39.5 Å². The summed E-state index contributed by atoms with van der Waals surface area (Å²) in [7, 11) is 0. The zero-order chi connectivity index (χ0) is 36.4. The second kappa shape index (κ2) is 15.0. The fourth-order valence-corrected chi connectivity index (χ4v) is 8.25. The summed E-state index contributed by atoms with van der Waals surface area (Å²) < 4.78 is 39.4. The Bertz CT molecular complexity index is 1630. The van der Waals surface area contributed by atoms with Gasteiger partial charge >= 0.3 is 17.9 Å². The van der Waals surface area contributed by atoms with Gasteiger partial charge in [0.15, 0.2) is 22.9 Å². The van der Waals surface area contributed by atoms with Crippen molar-refractivity contribution in [3.63, 3.8) is 0 Å². The topological polar surface area (TPSA) is 136 Å². The van der Waals surface area contributed by atoms with Crippen LogP contribution < -0.4 is 0 Å². The first-order valence-electron chi connectivity index (χ1n) is 17.5. The Balaban J connectivity index is 0.000000177. The van der Waals surface area contributed by atoms with E-state index in [1.165, 1.54) is 0 Å². The van der Waals surface area contributed by atoms with Crippen LogP contribution in [-0.2, 0) is 54.0 Å². The molecule has 1 N–H and O–H groups in total. The van der Waals surface area contributed by atoms with Crippen LogP contribution in [0, 0.1) is 13.8 Å². The van der Waals surface area contributed by atoms with Gasteiger partial charge in [0.1, 0.15) is 5.57 Å². The van der Waals surface area contributed by atoms with Gasteiger partial charge < -0.3 is 38.3 Å². The highest BCUT2D eigenvalue weighted by Crippen LogP contribution is 2.50. The highest BCUT2D eigenvalue weighted by Gasteiger charge is 2.56. The molecule has 276 valence electrons. The molecule has 51 heavy (non-hydrogen) atoms. The van der Waals surface area contributed by atoms with E-state index in [2.05, 4.69) is 0 Å². The lowest BCUT2D eigenvalue weighted by molar-refractivity contribution is -0.220. The monoisotopic (exact) mass is 746 g/mol. The lowest BCUT2D eigenvalue weighted by Crippen LogP contribution is -2.52. The van der Waals surface area contributed by atoms with Gasteiger partial charge in [-0.25, -0.2) is 9.59 Å². The van der Waals surface area contributed by atoms with Gasteiger partial charge in [-0.2, -0.15) is 0 Å². The Labute approximate surface area is 307 Å². The minimum Gasteiger partial charge on any atom is -0.507 e. The average molecular weight is 748 g/mol. The van der Waals surface area contributed by atoms with Crippen molar-refractivity contribution < 1.29 is 52.6 Å². The molecule has 7 rings (SSSR count). The van der Waals surface area contributed by atoms with Gasteiger partial charge in [0.25, 0.3) is 0 Å². The molecule has 0 aromatic heterocycles. The first-order chi connectivity index (χ1) is 24.4. The van der Waals surface area contributed by atoms with Crippen molar-refractivity contribution in [3.8, 4) is 0 Å². The molecule has 0 bridgehead atoms. The van der Waals surface area contributed by atoms with Gasteiger partial charge in [0, 0.05) is 54.1 Å². The minimum absolute atomic E-state index is 0.00477. The van der Waals surface area contributed by atoms with Crippen molar-refractivity contribution in [1.29, 1.82) is 0 Å². The van der Waals surface area contributed by atoms with Crippen molar-refractivity contribution in [1.82, 2.24) is 0 Å². The molecule has 2 aromatic rings. The second-order valence-corrected chi connectivity index (χ2v) is 14.5. The molecule has 3 heterocycles. The van der Waals surface area contributed by atoms with Crippen LogP contribution in [0.5, 0.6) is 0 Å². The maximum atomic E-state index is 12.7. The Morgan fingerprint density at radius 2 is 1.31 bits per heavy atom. The van der Waals surface area contributed by atoms with E-state index in [0.29, 0.717) is 99.0 Å². The number of rotatable bonds is 6. The van der Waals surface area contributed by atoms with Crippen molar-refractivity contribution in [2.75, 3.05) is 33.0 Å². The first-order valence-corrected chi connectivity index (χ1v) is 18.2. The highest BCUT2D eigenvalue weighted by atomic mass is 35.5. The van der Waals surface area contributed by atoms with Crippen LogP contribution >= 0.6 is 23.2 Å². The van der Waals surface area contributed by atoms with Crippen LogP contribution in [-0.4, -0.2) is 78.8 Å². The summed E-state index contributed by atoms with van der Waals surface area (Å²) in [5, 5.41) is 11.8. The third-order valence-corrected chi connectivity index (χ3v) is 11.2. The lowest BCUT2D eigenvalue weighted by Gasteiger charge is -2.41. The molecule has 2 saturated heterocycles. The SMILES string of the molecule is CCOC(=O)C1(OC(=O)Cc2c(C)cccc2Cl)CCC2(CC1)OCCO2.Cc1cccc(Cl)c1C1=C(O)C2(CCC3(CC2)OCCO3)OC1=O. The molecule has 2 aromatic carbocycles. The zero-order valence-corrected chi connectivity index (χ0v) is 30.7. The molecule has 0 atom stereocenters. The number of carbonyl (C=O) groups is 3. The summed E-state index contributed by atoms with van der Waals surface area (Å²) in [5.41, 5.74) is 0.877. The number of aliphatic hydroxyl groups excluding tert-OH is 1. The van der Waals surface area contributed by atoms with Crippen LogP contribution in [0.25, 0.3) is 5.57 Å². The largest absolute Gasteiger partial charge is 0.507 e. The molecule has 13 heteroatoms. The van der Waals surface area contributed by atoms with Gasteiger partial charge in [-0.15, -0.1) is 0 Å². The van der Waals surface area contributed by atoms with E-state index < -0.39 is 40.7 Å². The molecule has 3 aliphatic heterocycles. The first kappa shape index (κ1) is 37.6. The molecule has 2 aliphatic carbocycles. The number of hydrogen-bond acceptors (Lipinski definition) is 11. The number of aliphatic hydroxyl groups is 1. The molecule has 11 nitrogen and oxygen atoms in total. The maximum absolute atomic E-state index is 12.7. The summed E-state index contributed by atoms with van der Waals surface area (Å²) in [6.45, 7) is 7.94. The summed E-state index contributed by atoms with van der Waals surface area (Å²) in [6.07, 6.45) is 3.67. The van der Waals surface area contributed by atoms with Gasteiger partial charge in [-0.05, 0) is 62.4 Å². The summed E-state index contributed by atoms with van der Waals surface area (Å²) in [6, 6.07) is 10.8. The van der Waals surface area contributed by atoms with Crippen LogP contribution in [0.4, 0.5) is 0 Å². The highest BCUT2D eigenvalue weighted by molar-refractivity contribution is 6.35. The molecular weight excluding hydrogens is 703 g/mol. The van der Waals surface area contributed by atoms with Crippen molar-refractivity contribution in [2.45, 2.75) is 101 Å². The molecule has 0 amide bonds. The van der Waals surface area contributed by atoms with Gasteiger partial charge in [-0.1, -0.05) is 47.5 Å². The average Bonchev–Trinajstić information content (AvgIpc) is 3.82. The van der Waals surface area contributed by atoms with E-state index in [4.69, 9.17) is 56.4 Å². The Hall–Kier alpha value is -3.19. The van der Waals surface area contributed by atoms with Crippen LogP contribution in [0.1, 0.15) is 80.5 Å². The van der Waals surface area contributed by atoms with E-state index >= 15 is 0 Å². The Kier molecular flexibility index (Phi) is 11.1. The number of halogens is 2. The van der Waals surface area contributed by atoms with E-state index in [1.807, 2.05) is 38.1 Å². The molecule has 0 unspecified atom stereocenters. The number of hydrogen-bond donors (Lipinski definition) is 1. The molecular formula is C38H44Cl2O11. The smallest absolute Gasteiger partial charge is 0.350 e. The zero-order valence-electron chi connectivity index (χ0n) is 29.1. The van der Waals surface area contributed by atoms with E-state index in [9.17, 15) is 19.5 Å². The second-order valence-electron chi connectivity index (χ2n) is 13.7. The summed E-state index contributed by atoms with van der Waals surface area (Å²) >= 11 is 12.5. The number of aryl methyl sites for hydroxylation is 2. The number of esters is 3. The van der Waals surface area contributed by atoms with Crippen LogP contribution in [0.15, 0.2) is 42.2 Å². The van der Waals surface area contributed by atoms with E-state index in [0.717, 1.165) is 11.1 Å². The fraction of sp³-hybridized carbons (Fsp3) is 0.553. The number of benzene rings is 2. The van der Waals surface area contributed by atoms with Crippen LogP contribution in [0.2, 0.25) is 10.0 Å². The minimum atomic E-state index is -1.30. The summed E-state index contributed by atoms with van der Waals surface area (Å²) in [5.74, 6) is -2.79. The van der Waals surface area contributed by atoms with Gasteiger partial charge in [-0.3, -0.25) is 4.79 Å². The standard InChI is InChI=1S/C20H25ClO6.C18H19ClO5/c1-3-24-18(23)19(7-9-20(10-8-19)25-11-12-26-20)27-17(22)13-15-14(2)5-4-6-16(15)21;1-11-3-2-4-12(19)13(11)14-15(20)17(24-16(14)21)5-7-18(8-6-17)22-9-10-23-18/h4-6H,3,7-13H2,1-2H3;2-4,20H,5-10H2,1H3. The lowest BCUT2D eigenvalue weighted by atomic mass is 9.79. The molecule has 2 saturated carbocycles. The summed E-state index contributed by atoms with van der Waals surface area (Å²) in [4.78, 5) is 37.8. The van der Waals surface area contributed by atoms with E-state index in [1.54, 1.807) is 19.1 Å². The molecule has 5 aliphatic rings. The maximum Gasteiger partial charge on any atom is 0.350 e. The normalized spacial score (nSPS) is 22.5. The fourth-order valence-electron chi connectivity index (χ4n) is 7.65. The van der Waals surface area contributed by atoms with Crippen molar-refractivity contribution >= 4 is 46.7 Å². The van der Waals surface area contributed by atoms with Gasteiger partial charge in [0.2, 0.25) is 5.60 Å².